The van der Waals surface area contributed by atoms with Gasteiger partial charge < -0.3 is 9.84 Å². The number of halogens is 1. The molecule has 1 aromatic carbocycles. The number of methoxy groups -OCH3 is 1. The summed E-state index contributed by atoms with van der Waals surface area (Å²) < 4.78 is 5.06. The van der Waals surface area contributed by atoms with Crippen molar-refractivity contribution >= 4 is 29.3 Å². The second-order valence-electron chi connectivity index (χ2n) is 3.57. The van der Waals surface area contributed by atoms with E-state index in [0.717, 1.165) is 10.6 Å². The first-order valence-electron chi connectivity index (χ1n) is 5.32. The number of hydrogen-bond acceptors (Lipinski definition) is 4. The van der Waals surface area contributed by atoms with Crippen LogP contribution in [0.2, 0.25) is 5.15 Å². The van der Waals surface area contributed by atoms with E-state index in [1.54, 1.807) is 19.2 Å². The van der Waals surface area contributed by atoms with Gasteiger partial charge in [-0.3, -0.25) is 0 Å². The molecule has 2 rings (SSSR count). The highest BCUT2D eigenvalue weighted by Crippen LogP contribution is 2.31. The van der Waals surface area contributed by atoms with Gasteiger partial charge in [0.25, 0.3) is 0 Å². The lowest BCUT2D eigenvalue weighted by atomic mass is 10.3. The molecule has 0 radical (unpaired) electrons. The molecule has 0 unspecified atom stereocenters. The molecule has 4 nitrogen and oxygen atoms in total. The highest BCUT2D eigenvalue weighted by molar-refractivity contribution is 7.99. The fourth-order valence-corrected chi connectivity index (χ4v) is 2.52. The minimum absolute atomic E-state index is 0.130. The van der Waals surface area contributed by atoms with Crippen LogP contribution in [0, 0.1) is 0 Å². The SMILES string of the molecule is COc1ccc(Sc2nc(Cl)ccc2C(=O)O)cc1. The predicted octanol–water partition coefficient (Wildman–Crippen LogP) is 3.59. The molecule has 0 amide bonds. The number of aromatic nitrogens is 1. The van der Waals surface area contributed by atoms with Crippen LogP contribution in [0.1, 0.15) is 10.4 Å². The Kier molecular flexibility index (Phi) is 4.29. The monoisotopic (exact) mass is 295 g/mol. The number of hydrogen-bond donors (Lipinski definition) is 1. The number of carboxylic acid groups (broad SMARTS) is 1. The van der Waals surface area contributed by atoms with Crippen molar-refractivity contribution in [1.82, 2.24) is 4.98 Å². The highest BCUT2D eigenvalue weighted by atomic mass is 35.5. The van der Waals surface area contributed by atoms with Gasteiger partial charge in [-0.2, -0.15) is 0 Å². The first-order valence-corrected chi connectivity index (χ1v) is 6.51. The number of benzene rings is 1. The molecule has 0 atom stereocenters. The van der Waals surface area contributed by atoms with E-state index >= 15 is 0 Å². The molecule has 0 aliphatic heterocycles. The number of pyridine rings is 1. The topological polar surface area (TPSA) is 59.4 Å². The number of nitrogens with zero attached hydrogens (tertiary/aromatic N) is 1. The summed E-state index contributed by atoms with van der Waals surface area (Å²) in [7, 11) is 1.59. The van der Waals surface area contributed by atoms with Gasteiger partial charge in [0.2, 0.25) is 0 Å². The van der Waals surface area contributed by atoms with Crippen molar-refractivity contribution < 1.29 is 14.6 Å². The number of rotatable bonds is 4. The van der Waals surface area contributed by atoms with Crippen molar-refractivity contribution in [3.63, 3.8) is 0 Å². The summed E-state index contributed by atoms with van der Waals surface area (Å²) in [5.74, 6) is -0.290. The zero-order valence-electron chi connectivity index (χ0n) is 9.96. The third-order valence-corrected chi connectivity index (χ3v) is 3.55. The molecule has 6 heteroatoms. The third-order valence-electron chi connectivity index (χ3n) is 2.33. The van der Waals surface area contributed by atoms with Gasteiger partial charge in [0.15, 0.2) is 0 Å². The van der Waals surface area contributed by atoms with Crippen molar-refractivity contribution in [1.29, 1.82) is 0 Å². The van der Waals surface area contributed by atoms with E-state index in [4.69, 9.17) is 21.4 Å². The lowest BCUT2D eigenvalue weighted by molar-refractivity contribution is 0.0692. The largest absolute Gasteiger partial charge is 0.497 e. The minimum Gasteiger partial charge on any atom is -0.497 e. The fraction of sp³-hybridized carbons (Fsp3) is 0.0769. The molecule has 0 saturated carbocycles. The fourth-order valence-electron chi connectivity index (χ4n) is 1.41. The number of carboxylic acids is 1. The van der Waals surface area contributed by atoms with E-state index in [9.17, 15) is 4.79 Å². The Morgan fingerprint density at radius 2 is 1.95 bits per heavy atom. The molecule has 0 spiro atoms. The van der Waals surface area contributed by atoms with E-state index < -0.39 is 5.97 Å². The smallest absolute Gasteiger partial charge is 0.338 e. The van der Waals surface area contributed by atoms with Crippen LogP contribution < -0.4 is 4.74 Å². The number of aromatic carboxylic acids is 1. The maximum atomic E-state index is 11.1. The van der Waals surface area contributed by atoms with Crippen LogP contribution in [0.5, 0.6) is 5.75 Å². The predicted molar refractivity (Wildman–Crippen MR) is 73.3 cm³/mol. The zero-order valence-corrected chi connectivity index (χ0v) is 11.5. The summed E-state index contributed by atoms with van der Waals surface area (Å²) in [5, 5.41) is 9.73. The first kappa shape index (κ1) is 13.7. The Morgan fingerprint density at radius 1 is 1.26 bits per heavy atom. The maximum absolute atomic E-state index is 11.1. The molecule has 0 saturated heterocycles. The lowest BCUT2D eigenvalue weighted by Gasteiger charge is -2.06. The van der Waals surface area contributed by atoms with Crippen LogP contribution in [0.15, 0.2) is 46.3 Å². The highest BCUT2D eigenvalue weighted by Gasteiger charge is 2.13. The minimum atomic E-state index is -1.03. The van der Waals surface area contributed by atoms with Gasteiger partial charge in [-0.25, -0.2) is 9.78 Å². The van der Waals surface area contributed by atoms with Gasteiger partial charge in [0.1, 0.15) is 15.9 Å². The van der Waals surface area contributed by atoms with Crippen molar-refractivity contribution in [2.45, 2.75) is 9.92 Å². The Bertz CT molecular complexity index is 601. The van der Waals surface area contributed by atoms with Gasteiger partial charge in [-0.15, -0.1) is 0 Å². The summed E-state index contributed by atoms with van der Waals surface area (Å²) in [6.07, 6.45) is 0. The number of ether oxygens (including phenoxy) is 1. The Balaban J connectivity index is 2.31. The van der Waals surface area contributed by atoms with Crippen LogP contribution in [0.4, 0.5) is 0 Å². The van der Waals surface area contributed by atoms with Crippen molar-refractivity contribution in [2.24, 2.45) is 0 Å². The van der Waals surface area contributed by atoms with E-state index in [1.807, 2.05) is 12.1 Å². The molecule has 0 aliphatic rings. The molecule has 98 valence electrons. The van der Waals surface area contributed by atoms with E-state index in [0.29, 0.717) is 5.03 Å². The van der Waals surface area contributed by atoms with Crippen LogP contribution in [-0.4, -0.2) is 23.2 Å². The molecular weight excluding hydrogens is 286 g/mol. The van der Waals surface area contributed by atoms with E-state index in [2.05, 4.69) is 4.98 Å². The van der Waals surface area contributed by atoms with Gasteiger partial charge in [0, 0.05) is 4.90 Å². The Hall–Kier alpha value is -1.72. The van der Waals surface area contributed by atoms with Crippen LogP contribution in [0.25, 0.3) is 0 Å². The molecule has 1 heterocycles. The summed E-state index contributed by atoms with van der Waals surface area (Å²) >= 11 is 7.04. The molecule has 19 heavy (non-hydrogen) atoms. The first-order chi connectivity index (χ1) is 9.10. The van der Waals surface area contributed by atoms with E-state index in [-0.39, 0.29) is 10.7 Å². The van der Waals surface area contributed by atoms with Crippen molar-refractivity contribution in [3.05, 3.63) is 47.1 Å². The standard InChI is InChI=1S/C13H10ClNO3S/c1-18-8-2-4-9(5-3-8)19-12-10(13(16)17)6-7-11(14)15-12/h2-7H,1H3,(H,16,17). The van der Waals surface area contributed by atoms with Gasteiger partial charge in [-0.05, 0) is 36.4 Å². The van der Waals surface area contributed by atoms with Crippen LogP contribution >= 0.6 is 23.4 Å². The molecule has 0 aliphatic carbocycles. The van der Waals surface area contributed by atoms with Gasteiger partial charge in [-0.1, -0.05) is 23.4 Å². The van der Waals surface area contributed by atoms with Crippen LogP contribution in [0.3, 0.4) is 0 Å². The molecule has 1 aromatic heterocycles. The summed E-state index contributed by atoms with van der Waals surface area (Å²) in [6.45, 7) is 0. The average molecular weight is 296 g/mol. The zero-order chi connectivity index (χ0) is 13.8. The summed E-state index contributed by atoms with van der Waals surface area (Å²) in [5.41, 5.74) is 0.130. The summed E-state index contributed by atoms with van der Waals surface area (Å²) in [6, 6.07) is 10.2. The average Bonchev–Trinajstić information content (AvgIpc) is 2.39. The summed E-state index contributed by atoms with van der Waals surface area (Å²) in [4.78, 5) is 16.0. The third kappa shape index (κ3) is 3.39. The Labute approximate surface area is 119 Å². The van der Waals surface area contributed by atoms with Gasteiger partial charge in [0.05, 0.1) is 12.7 Å². The lowest BCUT2D eigenvalue weighted by Crippen LogP contribution is -2.00. The molecular formula is C13H10ClNO3S. The Morgan fingerprint density at radius 3 is 2.53 bits per heavy atom. The second-order valence-corrected chi connectivity index (χ2v) is 5.02. The quantitative estimate of drug-likeness (QED) is 0.873. The normalized spacial score (nSPS) is 10.2. The number of carbonyl (C=O) groups is 1. The molecule has 0 bridgehead atoms. The van der Waals surface area contributed by atoms with E-state index in [1.165, 1.54) is 23.9 Å². The molecule has 2 aromatic rings. The van der Waals surface area contributed by atoms with Crippen molar-refractivity contribution in [3.8, 4) is 5.75 Å². The molecule has 0 fully saturated rings. The van der Waals surface area contributed by atoms with Crippen molar-refractivity contribution in [2.75, 3.05) is 7.11 Å². The maximum Gasteiger partial charge on any atom is 0.338 e. The second kappa shape index (κ2) is 5.95. The van der Waals surface area contributed by atoms with Crippen LogP contribution in [-0.2, 0) is 0 Å². The van der Waals surface area contributed by atoms with Gasteiger partial charge >= 0.3 is 5.97 Å². The molecule has 1 N–H and O–H groups in total.